The molecular formula is C20H23N7O2. The number of hydrogen-bond acceptors (Lipinski definition) is 7. The number of rotatable bonds is 3. The summed E-state index contributed by atoms with van der Waals surface area (Å²) in [6, 6.07) is 1.79. The van der Waals surface area contributed by atoms with Crippen LogP contribution < -0.4 is 15.8 Å². The molecule has 150 valence electrons. The van der Waals surface area contributed by atoms with Gasteiger partial charge in [0.05, 0.1) is 29.6 Å². The van der Waals surface area contributed by atoms with E-state index >= 15 is 0 Å². The quantitative estimate of drug-likeness (QED) is 0.610. The molecule has 0 radical (unpaired) electrons. The smallest absolute Gasteiger partial charge is 0.261 e. The Hall–Kier alpha value is -3.20. The zero-order valence-corrected chi connectivity index (χ0v) is 16.2. The van der Waals surface area contributed by atoms with E-state index in [2.05, 4.69) is 31.4 Å². The maximum Gasteiger partial charge on any atom is 0.261 e. The minimum Gasteiger partial charge on any atom is -0.393 e. The second kappa shape index (κ2) is 7.00. The molecule has 5 rings (SSSR count). The first-order valence-corrected chi connectivity index (χ1v) is 9.86. The summed E-state index contributed by atoms with van der Waals surface area (Å²) in [5.74, 6) is 1.11. The van der Waals surface area contributed by atoms with Crippen LogP contribution in [0, 0.1) is 0 Å². The number of aromatic amines is 1. The Morgan fingerprint density at radius 2 is 2.10 bits per heavy atom. The Labute approximate surface area is 167 Å². The highest BCUT2D eigenvalue weighted by Crippen LogP contribution is 2.26. The first-order chi connectivity index (χ1) is 14.1. The average molecular weight is 393 g/mol. The largest absolute Gasteiger partial charge is 0.393 e. The van der Waals surface area contributed by atoms with Gasteiger partial charge in [0.1, 0.15) is 11.2 Å². The van der Waals surface area contributed by atoms with Crippen LogP contribution in [-0.2, 0) is 13.5 Å². The molecule has 1 aliphatic carbocycles. The number of aryl methyl sites for hydroxylation is 1. The van der Waals surface area contributed by atoms with Crippen molar-refractivity contribution in [1.29, 1.82) is 0 Å². The van der Waals surface area contributed by atoms with Gasteiger partial charge in [-0.15, -0.1) is 0 Å². The molecule has 3 N–H and O–H groups in total. The van der Waals surface area contributed by atoms with Crippen LogP contribution in [0.2, 0.25) is 0 Å². The molecule has 1 fully saturated rings. The number of aliphatic hydroxyl groups is 1. The van der Waals surface area contributed by atoms with Crippen LogP contribution in [0.1, 0.15) is 24.1 Å². The molecule has 0 amide bonds. The van der Waals surface area contributed by atoms with Crippen molar-refractivity contribution in [1.82, 2.24) is 24.7 Å². The molecule has 9 nitrogen and oxygen atoms in total. The van der Waals surface area contributed by atoms with Crippen LogP contribution in [0.15, 0.2) is 29.3 Å². The molecule has 1 aliphatic heterocycles. The highest BCUT2D eigenvalue weighted by molar-refractivity contribution is 5.89. The molecule has 4 heterocycles. The predicted molar refractivity (Wildman–Crippen MR) is 111 cm³/mol. The Balaban J connectivity index is 1.51. The van der Waals surface area contributed by atoms with Gasteiger partial charge in [-0.2, -0.15) is 10.1 Å². The number of fused-ring (bicyclic) bond motifs is 2. The molecule has 0 spiro atoms. The molecule has 9 heteroatoms. The second-order valence-electron chi connectivity index (χ2n) is 7.65. The average Bonchev–Trinajstić information content (AvgIpc) is 3.08. The van der Waals surface area contributed by atoms with E-state index in [0.717, 1.165) is 17.7 Å². The van der Waals surface area contributed by atoms with Gasteiger partial charge >= 0.3 is 0 Å². The number of H-pyrrole nitrogens is 1. The van der Waals surface area contributed by atoms with E-state index in [9.17, 15) is 9.90 Å². The third-order valence-corrected chi connectivity index (χ3v) is 5.67. The van der Waals surface area contributed by atoms with Gasteiger partial charge in [0.25, 0.3) is 5.56 Å². The monoisotopic (exact) mass is 393 g/mol. The van der Waals surface area contributed by atoms with Gasteiger partial charge < -0.3 is 20.3 Å². The molecule has 1 saturated heterocycles. The minimum atomic E-state index is -0.270. The van der Waals surface area contributed by atoms with E-state index < -0.39 is 0 Å². The van der Waals surface area contributed by atoms with E-state index in [1.54, 1.807) is 12.3 Å². The van der Waals surface area contributed by atoms with Gasteiger partial charge in [-0.05, 0) is 37.0 Å². The molecule has 2 aliphatic rings. The Morgan fingerprint density at radius 1 is 1.28 bits per heavy atom. The molecule has 0 unspecified atom stereocenters. The van der Waals surface area contributed by atoms with E-state index in [1.165, 1.54) is 0 Å². The summed E-state index contributed by atoms with van der Waals surface area (Å²) in [5, 5.41) is 18.0. The number of piperidine rings is 1. The Kier molecular flexibility index (Phi) is 4.31. The van der Waals surface area contributed by atoms with Crippen molar-refractivity contribution in [2.24, 2.45) is 7.05 Å². The summed E-state index contributed by atoms with van der Waals surface area (Å²) in [4.78, 5) is 26.6. The summed E-state index contributed by atoms with van der Waals surface area (Å²) in [6.07, 6.45) is 9.48. The lowest BCUT2D eigenvalue weighted by molar-refractivity contribution is 0.145. The summed E-state index contributed by atoms with van der Waals surface area (Å²) >= 11 is 0. The third-order valence-electron chi connectivity index (χ3n) is 5.67. The SMILES string of the molecule is Cn1ncc2c1C=C[C@@H](Nc1nc(N3CCC(O)CC3)nc3cc[nH]c(=O)c13)C2. The lowest BCUT2D eigenvalue weighted by Gasteiger charge is -2.30. The van der Waals surface area contributed by atoms with Crippen molar-refractivity contribution in [3.8, 4) is 0 Å². The number of pyridine rings is 1. The number of hydrogen-bond donors (Lipinski definition) is 3. The van der Waals surface area contributed by atoms with E-state index in [4.69, 9.17) is 4.98 Å². The van der Waals surface area contributed by atoms with Crippen molar-refractivity contribution in [3.63, 3.8) is 0 Å². The zero-order valence-electron chi connectivity index (χ0n) is 16.2. The number of anilines is 2. The van der Waals surface area contributed by atoms with E-state index in [-0.39, 0.29) is 17.7 Å². The topological polar surface area (TPSA) is 112 Å². The fraction of sp³-hybridized carbons (Fsp3) is 0.400. The van der Waals surface area contributed by atoms with Crippen molar-refractivity contribution >= 4 is 28.7 Å². The van der Waals surface area contributed by atoms with E-state index in [1.807, 2.05) is 24.0 Å². The fourth-order valence-corrected chi connectivity index (χ4v) is 4.04. The zero-order chi connectivity index (χ0) is 20.0. The third kappa shape index (κ3) is 3.27. The summed E-state index contributed by atoms with van der Waals surface area (Å²) < 4.78 is 1.86. The van der Waals surface area contributed by atoms with Crippen LogP contribution in [-0.4, -0.2) is 55.1 Å². The Morgan fingerprint density at radius 3 is 2.93 bits per heavy atom. The minimum absolute atomic E-state index is 0.000402. The number of aliphatic hydroxyl groups excluding tert-OH is 1. The van der Waals surface area contributed by atoms with Crippen molar-refractivity contribution in [2.45, 2.75) is 31.4 Å². The first kappa shape index (κ1) is 17.9. The molecule has 3 aromatic rings. The van der Waals surface area contributed by atoms with Crippen LogP contribution in [0.4, 0.5) is 11.8 Å². The number of aromatic nitrogens is 5. The second-order valence-corrected chi connectivity index (χ2v) is 7.65. The van der Waals surface area contributed by atoms with Gasteiger partial charge in [-0.1, -0.05) is 6.08 Å². The van der Waals surface area contributed by atoms with Crippen molar-refractivity contribution in [3.05, 3.63) is 46.1 Å². The summed E-state index contributed by atoms with van der Waals surface area (Å²) in [6.45, 7) is 1.38. The maximum atomic E-state index is 12.5. The summed E-state index contributed by atoms with van der Waals surface area (Å²) in [5.41, 5.74) is 2.65. The lowest BCUT2D eigenvalue weighted by atomic mass is 10.00. The summed E-state index contributed by atoms with van der Waals surface area (Å²) in [7, 11) is 1.93. The van der Waals surface area contributed by atoms with E-state index in [0.29, 0.717) is 48.6 Å². The molecule has 0 aromatic carbocycles. The molecule has 1 atom stereocenters. The van der Waals surface area contributed by atoms with Crippen molar-refractivity contribution in [2.75, 3.05) is 23.3 Å². The molecule has 0 saturated carbocycles. The highest BCUT2D eigenvalue weighted by atomic mass is 16.3. The highest BCUT2D eigenvalue weighted by Gasteiger charge is 2.23. The Bertz CT molecular complexity index is 1140. The normalized spacial score (nSPS) is 19.5. The molecular weight excluding hydrogens is 370 g/mol. The van der Waals surface area contributed by atoms with Crippen LogP contribution >= 0.6 is 0 Å². The number of nitrogens with one attached hydrogen (secondary N) is 2. The molecule has 3 aromatic heterocycles. The van der Waals surface area contributed by atoms with Gasteiger partial charge in [-0.25, -0.2) is 4.98 Å². The molecule has 29 heavy (non-hydrogen) atoms. The lowest BCUT2D eigenvalue weighted by Crippen LogP contribution is -2.37. The first-order valence-electron chi connectivity index (χ1n) is 9.86. The van der Waals surface area contributed by atoms with Crippen LogP contribution in [0.3, 0.4) is 0 Å². The van der Waals surface area contributed by atoms with Crippen LogP contribution in [0.5, 0.6) is 0 Å². The maximum absolute atomic E-state index is 12.5. The van der Waals surface area contributed by atoms with Gasteiger partial charge in [-0.3, -0.25) is 9.48 Å². The number of nitrogens with zero attached hydrogens (tertiary/aromatic N) is 5. The van der Waals surface area contributed by atoms with Gasteiger partial charge in [0.2, 0.25) is 5.95 Å². The fourth-order valence-electron chi connectivity index (χ4n) is 4.04. The van der Waals surface area contributed by atoms with Crippen molar-refractivity contribution < 1.29 is 5.11 Å². The van der Waals surface area contributed by atoms with Gasteiger partial charge in [0.15, 0.2) is 0 Å². The van der Waals surface area contributed by atoms with Crippen LogP contribution in [0.25, 0.3) is 17.0 Å². The predicted octanol–water partition coefficient (Wildman–Crippen LogP) is 1.06. The van der Waals surface area contributed by atoms with Gasteiger partial charge in [0, 0.05) is 26.3 Å². The standard InChI is InChI=1S/C20H23N7O2/c1-26-16-3-2-13(10-12(16)11-22-26)23-18-17-15(4-7-21-19(17)29)24-20(25-18)27-8-5-14(28)6-9-27/h2-4,7,11,13-14,28H,5-6,8-10H2,1H3,(H,21,29)(H,23,24,25)/t13-/m1/s1. The molecule has 0 bridgehead atoms.